The van der Waals surface area contributed by atoms with Crippen LogP contribution in [0, 0.1) is 6.92 Å². The van der Waals surface area contributed by atoms with Gasteiger partial charge < -0.3 is 9.32 Å². The van der Waals surface area contributed by atoms with Crippen molar-refractivity contribution in [2.24, 2.45) is 0 Å². The average Bonchev–Trinajstić information content (AvgIpc) is 3.10. The summed E-state index contributed by atoms with van der Waals surface area (Å²) in [5, 5.41) is 4.24. The Labute approximate surface area is 121 Å². The van der Waals surface area contributed by atoms with Gasteiger partial charge in [0.1, 0.15) is 11.5 Å². The van der Waals surface area contributed by atoms with Crippen LogP contribution < -0.4 is 0 Å². The number of nitrogens with zero attached hydrogens (tertiary/aromatic N) is 3. The van der Waals surface area contributed by atoms with E-state index in [9.17, 15) is 0 Å². The molecule has 110 valence electrons. The zero-order chi connectivity index (χ0) is 14.4. The lowest BCUT2D eigenvalue weighted by Gasteiger charge is -2.21. The van der Waals surface area contributed by atoms with Crippen LogP contribution in [0.5, 0.6) is 0 Å². The monoisotopic (exact) mass is 275 g/mol. The van der Waals surface area contributed by atoms with E-state index >= 15 is 0 Å². The topological polar surface area (TPSA) is 34.2 Å². The molecule has 0 aliphatic rings. The normalized spacial score (nSPS) is 13.0. The van der Waals surface area contributed by atoms with Crippen LogP contribution in [0.1, 0.15) is 37.7 Å². The number of hydrogen-bond donors (Lipinski definition) is 0. The number of furan rings is 1. The van der Waals surface area contributed by atoms with Crippen molar-refractivity contribution in [2.75, 3.05) is 19.6 Å². The van der Waals surface area contributed by atoms with Crippen molar-refractivity contribution >= 4 is 0 Å². The lowest BCUT2D eigenvalue weighted by molar-refractivity contribution is 0.258. The van der Waals surface area contributed by atoms with Crippen molar-refractivity contribution in [3.05, 3.63) is 42.1 Å². The smallest absolute Gasteiger partial charge is 0.107 e. The molecule has 0 aromatic carbocycles. The van der Waals surface area contributed by atoms with Gasteiger partial charge in [0.15, 0.2) is 0 Å². The van der Waals surface area contributed by atoms with E-state index < -0.39 is 0 Å². The molecule has 4 nitrogen and oxygen atoms in total. The maximum Gasteiger partial charge on any atom is 0.107 e. The quantitative estimate of drug-likeness (QED) is 0.741. The summed E-state index contributed by atoms with van der Waals surface area (Å²) in [7, 11) is 0. The molecule has 20 heavy (non-hydrogen) atoms. The fourth-order valence-electron chi connectivity index (χ4n) is 2.34. The van der Waals surface area contributed by atoms with Gasteiger partial charge in [0, 0.05) is 24.9 Å². The van der Waals surface area contributed by atoms with Gasteiger partial charge in [0.25, 0.3) is 0 Å². The molecule has 0 bridgehead atoms. The molecule has 2 heterocycles. The zero-order valence-corrected chi connectivity index (χ0v) is 12.7. The molecule has 1 atom stereocenters. The van der Waals surface area contributed by atoms with Gasteiger partial charge in [-0.2, -0.15) is 5.10 Å². The van der Waals surface area contributed by atoms with Gasteiger partial charge in [-0.3, -0.25) is 4.68 Å². The number of likely N-dealkylation sites (N-methyl/N-ethyl adjacent to an activating group) is 1. The van der Waals surface area contributed by atoms with Gasteiger partial charge in [-0.05, 0) is 44.6 Å². The second-order valence-corrected chi connectivity index (χ2v) is 5.34. The highest BCUT2D eigenvalue weighted by atomic mass is 16.3. The Bertz CT molecular complexity index is 490. The molecule has 0 amide bonds. The van der Waals surface area contributed by atoms with Crippen molar-refractivity contribution in [3.8, 4) is 0 Å². The van der Waals surface area contributed by atoms with Gasteiger partial charge in [-0.25, -0.2) is 0 Å². The molecule has 0 saturated heterocycles. The summed E-state index contributed by atoms with van der Waals surface area (Å²) in [4.78, 5) is 2.47. The van der Waals surface area contributed by atoms with Gasteiger partial charge >= 0.3 is 0 Å². The van der Waals surface area contributed by atoms with Gasteiger partial charge in [-0.1, -0.05) is 13.8 Å². The van der Waals surface area contributed by atoms with Crippen LogP contribution >= 0.6 is 0 Å². The summed E-state index contributed by atoms with van der Waals surface area (Å²) < 4.78 is 7.69. The number of rotatable bonds is 8. The van der Waals surface area contributed by atoms with Crippen LogP contribution in [0.4, 0.5) is 0 Å². The van der Waals surface area contributed by atoms with Gasteiger partial charge in [0.05, 0.1) is 6.54 Å². The summed E-state index contributed by atoms with van der Waals surface area (Å²) in [5.74, 6) is 2.57. The number of aryl methyl sites for hydroxylation is 1. The van der Waals surface area contributed by atoms with Crippen molar-refractivity contribution in [2.45, 2.75) is 39.7 Å². The average molecular weight is 275 g/mol. The third-order valence-electron chi connectivity index (χ3n) is 3.78. The highest BCUT2D eigenvalue weighted by Crippen LogP contribution is 2.21. The van der Waals surface area contributed by atoms with E-state index in [1.807, 2.05) is 36.1 Å². The van der Waals surface area contributed by atoms with E-state index in [1.165, 1.54) is 0 Å². The minimum Gasteiger partial charge on any atom is -0.466 e. The first-order valence-corrected chi connectivity index (χ1v) is 7.45. The van der Waals surface area contributed by atoms with E-state index in [0.717, 1.165) is 44.1 Å². The van der Waals surface area contributed by atoms with Gasteiger partial charge in [0.2, 0.25) is 0 Å². The lowest BCUT2D eigenvalue weighted by atomic mass is 10.1. The predicted octanol–water partition coefficient (Wildman–Crippen LogP) is 3.30. The standard InChI is InChI=1S/C16H25N3O/c1-4-18(12-13-19-10-5-9-17-19)11-8-14(2)16-7-6-15(3)20-16/h5-7,9-10,14H,4,8,11-13H2,1-3H3/t14-/m1/s1. The molecule has 4 heteroatoms. The second kappa shape index (κ2) is 7.29. The van der Waals surface area contributed by atoms with Crippen molar-refractivity contribution in [3.63, 3.8) is 0 Å². The molecular weight excluding hydrogens is 250 g/mol. The maximum atomic E-state index is 5.70. The first-order valence-electron chi connectivity index (χ1n) is 7.45. The Morgan fingerprint density at radius 2 is 2.20 bits per heavy atom. The van der Waals surface area contributed by atoms with Crippen LogP contribution in [0.3, 0.4) is 0 Å². The highest BCUT2D eigenvalue weighted by Gasteiger charge is 2.11. The second-order valence-electron chi connectivity index (χ2n) is 5.34. The maximum absolute atomic E-state index is 5.70. The molecule has 0 spiro atoms. The Morgan fingerprint density at radius 1 is 1.35 bits per heavy atom. The molecule has 0 radical (unpaired) electrons. The first-order chi connectivity index (χ1) is 9.69. The SMILES string of the molecule is CCN(CC[C@@H](C)c1ccc(C)o1)CCn1cccn1. The third kappa shape index (κ3) is 4.23. The highest BCUT2D eigenvalue weighted by molar-refractivity contribution is 5.09. The van der Waals surface area contributed by atoms with E-state index in [1.54, 1.807) is 0 Å². The van der Waals surface area contributed by atoms with E-state index in [0.29, 0.717) is 5.92 Å². The molecule has 0 N–H and O–H groups in total. The van der Waals surface area contributed by atoms with E-state index in [-0.39, 0.29) is 0 Å². The third-order valence-corrected chi connectivity index (χ3v) is 3.78. The minimum atomic E-state index is 0.474. The van der Waals surface area contributed by atoms with Crippen molar-refractivity contribution in [1.82, 2.24) is 14.7 Å². The summed E-state index contributed by atoms with van der Waals surface area (Å²) in [6.45, 7) is 10.6. The molecule has 0 aliphatic carbocycles. The largest absolute Gasteiger partial charge is 0.466 e. The minimum absolute atomic E-state index is 0.474. The van der Waals surface area contributed by atoms with Crippen LogP contribution in [-0.2, 0) is 6.54 Å². The fraction of sp³-hybridized carbons (Fsp3) is 0.562. The predicted molar refractivity (Wildman–Crippen MR) is 80.8 cm³/mol. The molecule has 2 aromatic rings. The van der Waals surface area contributed by atoms with Crippen LogP contribution in [0.15, 0.2) is 35.0 Å². The summed E-state index contributed by atoms with van der Waals surface area (Å²) in [6, 6.07) is 6.11. The Hall–Kier alpha value is -1.55. The molecule has 2 aromatic heterocycles. The fourth-order valence-corrected chi connectivity index (χ4v) is 2.34. The zero-order valence-electron chi connectivity index (χ0n) is 12.7. The molecule has 2 rings (SSSR count). The molecular formula is C16H25N3O. The Balaban J connectivity index is 1.75. The first kappa shape index (κ1) is 14.9. The van der Waals surface area contributed by atoms with E-state index in [2.05, 4.69) is 29.9 Å². The molecule has 0 saturated carbocycles. The molecule has 0 fully saturated rings. The van der Waals surface area contributed by atoms with Crippen molar-refractivity contribution < 1.29 is 4.42 Å². The van der Waals surface area contributed by atoms with Crippen LogP contribution in [0.25, 0.3) is 0 Å². The lowest BCUT2D eigenvalue weighted by Crippen LogP contribution is -2.29. The number of aromatic nitrogens is 2. The Morgan fingerprint density at radius 3 is 2.80 bits per heavy atom. The molecule has 0 unspecified atom stereocenters. The summed E-state index contributed by atoms with van der Waals surface area (Å²) in [5.41, 5.74) is 0. The van der Waals surface area contributed by atoms with Crippen molar-refractivity contribution in [1.29, 1.82) is 0 Å². The van der Waals surface area contributed by atoms with E-state index in [4.69, 9.17) is 4.42 Å². The summed E-state index contributed by atoms with van der Waals surface area (Å²) >= 11 is 0. The Kier molecular flexibility index (Phi) is 5.41. The van der Waals surface area contributed by atoms with Crippen LogP contribution in [0.2, 0.25) is 0 Å². The number of hydrogen-bond acceptors (Lipinski definition) is 3. The van der Waals surface area contributed by atoms with Gasteiger partial charge in [-0.15, -0.1) is 0 Å². The molecule has 0 aliphatic heterocycles. The summed E-state index contributed by atoms with van der Waals surface area (Å²) in [6.07, 6.45) is 4.97. The van der Waals surface area contributed by atoms with Crippen LogP contribution in [-0.4, -0.2) is 34.3 Å².